The number of para-hydroxylation sites is 1. The van der Waals surface area contributed by atoms with E-state index < -0.39 is 84.0 Å². The quantitative estimate of drug-likeness (QED) is 0.0178. The van der Waals surface area contributed by atoms with Gasteiger partial charge in [0.2, 0.25) is 53.2 Å². The summed E-state index contributed by atoms with van der Waals surface area (Å²) in [4.78, 5) is 123. The van der Waals surface area contributed by atoms with Crippen LogP contribution in [0.3, 0.4) is 0 Å². The van der Waals surface area contributed by atoms with Gasteiger partial charge in [0.05, 0.1) is 42.7 Å². The maximum Gasteiger partial charge on any atom is 0.250 e. The van der Waals surface area contributed by atoms with Gasteiger partial charge in [0, 0.05) is 36.1 Å². The number of carbonyl (C=O) groups is 9. The molecule has 470 valence electrons. The number of hydrogen-bond donors (Lipinski definition) is 8. The highest BCUT2D eigenvalue weighted by atomic mass is 16.5. The first kappa shape index (κ1) is 63.9. The van der Waals surface area contributed by atoms with Crippen LogP contribution in [0.1, 0.15) is 136 Å². The van der Waals surface area contributed by atoms with Crippen molar-refractivity contribution in [1.82, 2.24) is 31.9 Å². The second-order valence-electron chi connectivity index (χ2n) is 25.7. The van der Waals surface area contributed by atoms with E-state index in [4.69, 9.17) is 4.74 Å². The number of hydrogen-bond acceptors (Lipinski definition) is 11. The topological polar surface area (TPSA) is 271 Å². The zero-order chi connectivity index (χ0) is 63.8. The predicted octanol–water partition coefficient (Wildman–Crippen LogP) is 6.59. The second kappa shape index (κ2) is 27.3. The summed E-state index contributed by atoms with van der Waals surface area (Å²) in [5.74, 6) is 2.01. The summed E-state index contributed by atoms with van der Waals surface area (Å²) < 4.78 is 5.51. The van der Waals surface area contributed by atoms with Crippen molar-refractivity contribution >= 4 is 64.5 Å². The minimum Gasteiger partial charge on any atom is -0.508 e. The van der Waals surface area contributed by atoms with E-state index in [1.165, 1.54) is 5.56 Å². The fourth-order valence-corrected chi connectivity index (χ4v) is 15.1. The second-order valence-corrected chi connectivity index (χ2v) is 25.7. The largest absolute Gasteiger partial charge is 0.508 e. The molecule has 0 saturated heterocycles. The minimum absolute atomic E-state index is 0.00394. The minimum atomic E-state index is -1.15. The van der Waals surface area contributed by atoms with Crippen LogP contribution in [0.25, 0.3) is 0 Å². The third-order valence-corrected chi connectivity index (χ3v) is 19.8. The fraction of sp³-hybridized carbons (Fsp3) is 0.423. The van der Waals surface area contributed by atoms with Crippen LogP contribution in [0.5, 0.6) is 5.75 Å². The van der Waals surface area contributed by atoms with Crippen molar-refractivity contribution in [2.75, 3.05) is 43.2 Å². The molecule has 4 aliphatic carbocycles. The number of phenols is 1. The molecule has 5 aromatic carbocycles. The zero-order valence-corrected chi connectivity index (χ0v) is 51.6. The molecule has 19 heteroatoms. The molecule has 3 unspecified atom stereocenters. The molecule has 9 amide bonds. The summed E-state index contributed by atoms with van der Waals surface area (Å²) in [6.07, 6.45) is 7.54. The van der Waals surface area contributed by atoms with Crippen LogP contribution in [-0.4, -0.2) is 97.3 Å². The number of ether oxygens (including phenoxy) is 1. The number of nitrogens with zero attached hydrogens (tertiary/aromatic N) is 1. The summed E-state index contributed by atoms with van der Waals surface area (Å²) in [6, 6.07) is 34.0. The van der Waals surface area contributed by atoms with Crippen molar-refractivity contribution in [2.24, 2.45) is 22.7 Å². The van der Waals surface area contributed by atoms with Gasteiger partial charge < -0.3 is 46.6 Å². The smallest absolute Gasteiger partial charge is 0.250 e. The Balaban J connectivity index is 0.653. The lowest BCUT2D eigenvalue weighted by molar-refractivity contribution is -0.150. The number of benzene rings is 5. The molecular weight excluding hydrogens is 1140 g/mol. The molecule has 0 aromatic heterocycles. The predicted molar refractivity (Wildman–Crippen MR) is 338 cm³/mol. The highest BCUT2D eigenvalue weighted by Crippen LogP contribution is 2.60. The van der Waals surface area contributed by atoms with Crippen molar-refractivity contribution < 1.29 is 53.0 Å². The van der Waals surface area contributed by atoms with Gasteiger partial charge >= 0.3 is 0 Å². The summed E-state index contributed by atoms with van der Waals surface area (Å²) in [6.45, 7) is 6.47. The Kier molecular flexibility index (Phi) is 19.4. The van der Waals surface area contributed by atoms with E-state index in [-0.39, 0.29) is 73.3 Å². The van der Waals surface area contributed by atoms with Gasteiger partial charge in [-0.2, -0.15) is 0 Å². The third kappa shape index (κ3) is 14.0. The molecule has 0 spiro atoms. The molecule has 1 heterocycles. The number of nitrogens with one attached hydrogen (secondary N) is 7. The molecule has 10 rings (SSSR count). The standard InChI is InChI=1S/C71H80N8O11/c1-68-32-12-34-70(3,66(88)78-67(89)71(4)35-13-33-69(2)54-38-52(80)27-23-48(54)25-29-58(69)71)57(68)28-24-47-22-26-51(37-53(47)68)76-63(85)43-90-44-75-61(83)40-74-65(87)55(36-45-14-6-5-7-15-45)77-62(84)41-73-60(82)39-72-59(81)30-31-64(86)79-42-50-18-9-8-16-46(50)20-21-49-17-10-11-19-56(49)79/h5-11,14-19,22-23,26-27,37-38,55,57-58,80H,12-13,24-25,28-36,39-44H2,1-4H3,(H,72,81)(H,73,82)(H,74,87)(H,75,83)(H,76,85)(H,77,84)(H,78,88,89)/t55-,57+,58?,68+,69?,70-,71?/m0/s1. The Morgan fingerprint density at radius 3 is 1.87 bits per heavy atom. The molecule has 2 saturated carbocycles. The lowest BCUT2D eigenvalue weighted by Crippen LogP contribution is -2.60. The van der Waals surface area contributed by atoms with E-state index in [0.717, 1.165) is 79.2 Å². The van der Waals surface area contributed by atoms with Gasteiger partial charge in [-0.3, -0.25) is 48.5 Å². The Morgan fingerprint density at radius 1 is 0.589 bits per heavy atom. The van der Waals surface area contributed by atoms with Gasteiger partial charge in [0.1, 0.15) is 25.1 Å². The van der Waals surface area contributed by atoms with Crippen LogP contribution >= 0.6 is 0 Å². The van der Waals surface area contributed by atoms with Crippen LogP contribution in [0.4, 0.5) is 11.4 Å². The number of aromatic hydroxyl groups is 1. The number of carbonyl (C=O) groups excluding carboxylic acids is 9. The van der Waals surface area contributed by atoms with Gasteiger partial charge in [-0.05, 0) is 150 Å². The summed E-state index contributed by atoms with van der Waals surface area (Å²) in [7, 11) is 0. The van der Waals surface area contributed by atoms with Crippen LogP contribution < -0.4 is 42.1 Å². The zero-order valence-electron chi connectivity index (χ0n) is 51.6. The molecule has 7 atom stereocenters. The molecule has 8 N–H and O–H groups in total. The van der Waals surface area contributed by atoms with E-state index >= 15 is 0 Å². The molecule has 5 aliphatic rings. The van der Waals surface area contributed by atoms with Crippen molar-refractivity contribution in [2.45, 2.75) is 135 Å². The van der Waals surface area contributed by atoms with Gasteiger partial charge in [-0.15, -0.1) is 0 Å². The van der Waals surface area contributed by atoms with Gasteiger partial charge in [-0.1, -0.05) is 125 Å². The first-order valence-corrected chi connectivity index (χ1v) is 31.3. The molecule has 0 bridgehead atoms. The van der Waals surface area contributed by atoms with E-state index in [2.05, 4.69) is 62.9 Å². The molecular formula is C71H80N8O11. The van der Waals surface area contributed by atoms with E-state index in [1.807, 2.05) is 92.7 Å². The van der Waals surface area contributed by atoms with Crippen LogP contribution in [0.15, 0.2) is 115 Å². The van der Waals surface area contributed by atoms with Gasteiger partial charge in [0.15, 0.2) is 0 Å². The number of phenolic OH excluding ortho intramolecular Hbond substituents is 1. The Labute approximate surface area is 525 Å². The number of imide groups is 1. The summed E-state index contributed by atoms with van der Waals surface area (Å²) in [5, 5.41) is 29.0. The highest BCUT2D eigenvalue weighted by Gasteiger charge is 2.58. The van der Waals surface area contributed by atoms with E-state index in [1.54, 1.807) is 41.3 Å². The number of fused-ring (bicyclic) bond motifs is 8. The molecule has 90 heavy (non-hydrogen) atoms. The summed E-state index contributed by atoms with van der Waals surface area (Å²) >= 11 is 0. The summed E-state index contributed by atoms with van der Waals surface area (Å²) in [5.41, 5.74) is 6.45. The molecule has 0 radical (unpaired) electrons. The number of anilines is 2. The van der Waals surface area contributed by atoms with E-state index in [0.29, 0.717) is 35.3 Å². The Bertz CT molecular complexity index is 3690. The Morgan fingerprint density at radius 2 is 1.17 bits per heavy atom. The lowest BCUT2D eigenvalue weighted by Gasteiger charge is -2.56. The van der Waals surface area contributed by atoms with Crippen LogP contribution in [-0.2, 0) is 84.5 Å². The van der Waals surface area contributed by atoms with Crippen LogP contribution in [0, 0.1) is 34.5 Å². The first-order chi connectivity index (χ1) is 43.2. The number of rotatable bonds is 20. The SMILES string of the molecule is CC1(C(=O)NC(=O)[C@@]2(C)CCC[C@]3(C)c4cc(NC(=O)COCNC(=O)CNC(=O)[C@H](Cc5ccccc5)NC(=O)CNC(=O)CNC(=O)CCC(=O)N5Cc6ccccc6C#Cc6ccccc65)ccc4CC[C@@H]23)CCCC2(C)c3cc(O)ccc3CCC12. The molecule has 19 nitrogen and oxygen atoms in total. The molecule has 1 aliphatic heterocycles. The highest BCUT2D eigenvalue weighted by molar-refractivity contribution is 6.01. The number of aryl methyl sites for hydroxylation is 2. The van der Waals surface area contributed by atoms with Crippen molar-refractivity contribution in [3.63, 3.8) is 0 Å². The monoisotopic (exact) mass is 1220 g/mol. The molecule has 2 fully saturated rings. The Hall–Kier alpha value is -9.15. The van der Waals surface area contributed by atoms with Crippen molar-refractivity contribution in [1.29, 1.82) is 0 Å². The van der Waals surface area contributed by atoms with Crippen LogP contribution in [0.2, 0.25) is 0 Å². The fourth-order valence-electron chi connectivity index (χ4n) is 15.1. The van der Waals surface area contributed by atoms with E-state index in [9.17, 15) is 48.3 Å². The average molecular weight is 1220 g/mol. The maximum atomic E-state index is 14.7. The van der Waals surface area contributed by atoms with Crippen molar-refractivity contribution in [3.05, 3.63) is 160 Å². The molecule has 5 aromatic rings. The van der Waals surface area contributed by atoms with Crippen molar-refractivity contribution in [3.8, 4) is 17.6 Å². The number of amides is 9. The maximum absolute atomic E-state index is 14.7. The first-order valence-electron chi connectivity index (χ1n) is 31.3. The van der Waals surface area contributed by atoms with Gasteiger partial charge in [-0.25, -0.2) is 0 Å². The lowest BCUT2D eigenvalue weighted by atomic mass is 9.49. The average Bonchev–Trinajstić information content (AvgIpc) is 0.734. The van der Waals surface area contributed by atoms with Gasteiger partial charge in [0.25, 0.3) is 0 Å². The third-order valence-electron chi connectivity index (χ3n) is 19.8. The normalized spacial score (nSPS) is 22.9.